The van der Waals surface area contributed by atoms with Gasteiger partial charge in [-0.15, -0.1) is 17.0 Å². The highest BCUT2D eigenvalue weighted by molar-refractivity contribution is 8.93. The molecule has 1 atom stereocenters. The second-order valence-corrected chi connectivity index (χ2v) is 1.92. The van der Waals surface area contributed by atoms with E-state index in [9.17, 15) is 4.79 Å². The summed E-state index contributed by atoms with van der Waals surface area (Å²) in [7, 11) is 1.35. The topological polar surface area (TPSA) is 52.3 Å². The van der Waals surface area contributed by atoms with Gasteiger partial charge < -0.3 is 10.5 Å². The van der Waals surface area contributed by atoms with Gasteiger partial charge in [0.2, 0.25) is 0 Å². The number of halogens is 1. The Morgan fingerprint density at radius 2 is 2.20 bits per heavy atom. The van der Waals surface area contributed by atoms with Crippen LogP contribution in [0.4, 0.5) is 0 Å². The summed E-state index contributed by atoms with van der Waals surface area (Å²) in [5, 5.41) is 0. The minimum atomic E-state index is -0.431. The van der Waals surface area contributed by atoms with Crippen molar-refractivity contribution in [1.29, 1.82) is 0 Å². The molecule has 2 N–H and O–H groups in total. The summed E-state index contributed by atoms with van der Waals surface area (Å²) in [6.45, 7) is 1.98. The summed E-state index contributed by atoms with van der Waals surface area (Å²) < 4.78 is 4.40. The van der Waals surface area contributed by atoms with E-state index in [0.717, 1.165) is 6.42 Å². The normalized spacial score (nSPS) is 11.5. The molecule has 4 heteroatoms. The molecular weight excluding hydrogens is 198 g/mol. The fourth-order valence-electron chi connectivity index (χ4n) is 0.580. The number of carbonyl (C=O) groups is 1. The third-order valence-corrected chi connectivity index (χ3v) is 1.10. The SMILES string of the molecule is Br.CCCC(N)C(=O)OC. The molecule has 0 aromatic carbocycles. The van der Waals surface area contributed by atoms with Crippen LogP contribution in [-0.4, -0.2) is 19.1 Å². The maximum Gasteiger partial charge on any atom is 0.322 e. The van der Waals surface area contributed by atoms with Gasteiger partial charge in [0.15, 0.2) is 0 Å². The van der Waals surface area contributed by atoms with E-state index in [1.54, 1.807) is 0 Å². The zero-order valence-electron chi connectivity index (χ0n) is 6.29. The molecule has 0 aliphatic heterocycles. The van der Waals surface area contributed by atoms with Gasteiger partial charge in [-0.3, -0.25) is 4.79 Å². The molecule has 0 spiro atoms. The Morgan fingerprint density at radius 3 is 2.50 bits per heavy atom. The molecule has 0 aliphatic carbocycles. The highest BCUT2D eigenvalue weighted by Crippen LogP contribution is 1.93. The Labute approximate surface area is 71.7 Å². The Morgan fingerprint density at radius 1 is 1.70 bits per heavy atom. The number of hydrogen-bond acceptors (Lipinski definition) is 3. The van der Waals surface area contributed by atoms with Gasteiger partial charge in [-0.2, -0.15) is 0 Å². The smallest absolute Gasteiger partial charge is 0.322 e. The molecule has 62 valence electrons. The lowest BCUT2D eigenvalue weighted by Gasteiger charge is -2.05. The number of esters is 1. The summed E-state index contributed by atoms with van der Waals surface area (Å²) in [5.74, 6) is -0.322. The first-order chi connectivity index (χ1) is 4.22. The fraction of sp³-hybridized carbons (Fsp3) is 0.833. The van der Waals surface area contributed by atoms with Crippen molar-refractivity contribution in [1.82, 2.24) is 0 Å². The van der Waals surface area contributed by atoms with Crippen LogP contribution in [0.25, 0.3) is 0 Å². The molecule has 0 rings (SSSR count). The van der Waals surface area contributed by atoms with Crippen molar-refractivity contribution in [2.45, 2.75) is 25.8 Å². The summed E-state index contributed by atoms with van der Waals surface area (Å²) >= 11 is 0. The van der Waals surface area contributed by atoms with Crippen LogP contribution in [0.5, 0.6) is 0 Å². The van der Waals surface area contributed by atoms with E-state index >= 15 is 0 Å². The van der Waals surface area contributed by atoms with Gasteiger partial charge >= 0.3 is 5.97 Å². The Hall–Kier alpha value is -0.0900. The standard InChI is InChI=1S/C6H13NO2.BrH/c1-3-4-5(7)6(8)9-2;/h5H,3-4,7H2,1-2H3;1H. The third-order valence-electron chi connectivity index (χ3n) is 1.10. The fourth-order valence-corrected chi connectivity index (χ4v) is 0.580. The summed E-state index contributed by atoms with van der Waals surface area (Å²) in [4.78, 5) is 10.6. The van der Waals surface area contributed by atoms with Gasteiger partial charge in [0, 0.05) is 0 Å². The van der Waals surface area contributed by atoms with Gasteiger partial charge in [0.05, 0.1) is 7.11 Å². The number of methoxy groups -OCH3 is 1. The lowest BCUT2D eigenvalue weighted by atomic mass is 10.2. The average Bonchev–Trinajstić information content (AvgIpc) is 1.87. The van der Waals surface area contributed by atoms with E-state index in [-0.39, 0.29) is 23.0 Å². The lowest BCUT2D eigenvalue weighted by Crippen LogP contribution is -2.31. The van der Waals surface area contributed by atoms with Crippen LogP contribution in [0, 0.1) is 0 Å². The predicted molar refractivity (Wildman–Crippen MR) is 45.2 cm³/mol. The largest absolute Gasteiger partial charge is 0.468 e. The van der Waals surface area contributed by atoms with Crippen molar-refractivity contribution in [2.24, 2.45) is 5.73 Å². The van der Waals surface area contributed by atoms with Gasteiger partial charge in [0.1, 0.15) is 6.04 Å². The maximum atomic E-state index is 10.6. The van der Waals surface area contributed by atoms with Gasteiger partial charge in [0.25, 0.3) is 0 Å². The maximum absolute atomic E-state index is 10.6. The van der Waals surface area contributed by atoms with Crippen LogP contribution in [0.3, 0.4) is 0 Å². The molecule has 0 amide bonds. The Bertz CT molecular complexity index is 97.7. The molecule has 0 aromatic heterocycles. The molecule has 10 heavy (non-hydrogen) atoms. The number of hydrogen-bond donors (Lipinski definition) is 1. The van der Waals surface area contributed by atoms with E-state index in [1.807, 2.05) is 6.92 Å². The molecule has 0 bridgehead atoms. The van der Waals surface area contributed by atoms with E-state index in [4.69, 9.17) is 5.73 Å². The van der Waals surface area contributed by atoms with Crippen LogP contribution in [0.15, 0.2) is 0 Å². The number of carbonyl (C=O) groups excluding carboxylic acids is 1. The van der Waals surface area contributed by atoms with Crippen molar-refractivity contribution in [2.75, 3.05) is 7.11 Å². The van der Waals surface area contributed by atoms with Gasteiger partial charge in [-0.05, 0) is 6.42 Å². The molecular formula is C6H14BrNO2. The van der Waals surface area contributed by atoms with Crippen LogP contribution in [-0.2, 0) is 9.53 Å². The molecule has 0 aromatic rings. The summed E-state index contributed by atoms with van der Waals surface area (Å²) in [6, 6.07) is -0.431. The van der Waals surface area contributed by atoms with E-state index < -0.39 is 6.04 Å². The van der Waals surface area contributed by atoms with Crippen LogP contribution in [0.2, 0.25) is 0 Å². The zero-order chi connectivity index (χ0) is 7.28. The molecule has 3 nitrogen and oxygen atoms in total. The van der Waals surface area contributed by atoms with Crippen LogP contribution < -0.4 is 5.73 Å². The first kappa shape index (κ1) is 12.6. The number of ether oxygens (including phenoxy) is 1. The lowest BCUT2D eigenvalue weighted by molar-refractivity contribution is -0.142. The minimum absolute atomic E-state index is 0. The first-order valence-electron chi connectivity index (χ1n) is 3.05. The van der Waals surface area contributed by atoms with Crippen molar-refractivity contribution >= 4 is 23.0 Å². The number of nitrogens with two attached hydrogens (primary N) is 1. The molecule has 0 heterocycles. The monoisotopic (exact) mass is 211 g/mol. The zero-order valence-corrected chi connectivity index (χ0v) is 8.01. The number of rotatable bonds is 3. The molecule has 0 aliphatic rings. The van der Waals surface area contributed by atoms with Crippen LogP contribution >= 0.6 is 17.0 Å². The molecule has 0 radical (unpaired) electrons. The summed E-state index contributed by atoms with van der Waals surface area (Å²) in [6.07, 6.45) is 1.61. The Balaban J connectivity index is 0. The van der Waals surface area contributed by atoms with E-state index in [2.05, 4.69) is 4.74 Å². The molecule has 1 unspecified atom stereocenters. The average molecular weight is 212 g/mol. The molecule has 0 saturated carbocycles. The third kappa shape index (κ3) is 4.76. The van der Waals surface area contributed by atoms with Crippen molar-refractivity contribution in [3.8, 4) is 0 Å². The Kier molecular flexibility index (Phi) is 8.83. The second-order valence-electron chi connectivity index (χ2n) is 1.92. The van der Waals surface area contributed by atoms with Crippen LogP contribution in [0.1, 0.15) is 19.8 Å². The van der Waals surface area contributed by atoms with Gasteiger partial charge in [-0.1, -0.05) is 13.3 Å². The minimum Gasteiger partial charge on any atom is -0.468 e. The second kappa shape index (κ2) is 7.02. The molecule has 0 saturated heterocycles. The molecule has 0 fully saturated rings. The van der Waals surface area contributed by atoms with Crippen molar-refractivity contribution < 1.29 is 9.53 Å². The predicted octanol–water partition coefficient (Wildman–Crippen LogP) is 0.865. The van der Waals surface area contributed by atoms with E-state index in [1.165, 1.54) is 7.11 Å². The van der Waals surface area contributed by atoms with Crippen molar-refractivity contribution in [3.63, 3.8) is 0 Å². The van der Waals surface area contributed by atoms with Crippen molar-refractivity contribution in [3.05, 3.63) is 0 Å². The first-order valence-corrected chi connectivity index (χ1v) is 3.05. The van der Waals surface area contributed by atoms with Gasteiger partial charge in [-0.25, -0.2) is 0 Å². The quantitative estimate of drug-likeness (QED) is 0.706. The summed E-state index contributed by atoms with van der Waals surface area (Å²) in [5.41, 5.74) is 5.36. The van der Waals surface area contributed by atoms with E-state index in [0.29, 0.717) is 6.42 Å². The highest BCUT2D eigenvalue weighted by Gasteiger charge is 2.10. The highest BCUT2D eigenvalue weighted by atomic mass is 79.9.